The normalized spacial score (nSPS) is 10.7. The second kappa shape index (κ2) is 5.46. The Morgan fingerprint density at radius 1 is 1.15 bits per heavy atom. The van der Waals surface area contributed by atoms with Crippen molar-refractivity contribution < 1.29 is 0 Å². The largest absolute Gasteiger partial charge is 0.383 e. The van der Waals surface area contributed by atoms with Crippen molar-refractivity contribution in [1.29, 1.82) is 0 Å². The van der Waals surface area contributed by atoms with Crippen LogP contribution in [0.5, 0.6) is 0 Å². The number of pyridine rings is 1. The first-order valence-electron chi connectivity index (χ1n) is 6.19. The Kier molecular flexibility index (Phi) is 3.52. The summed E-state index contributed by atoms with van der Waals surface area (Å²) < 4.78 is 2.85. The van der Waals surface area contributed by atoms with E-state index in [4.69, 9.17) is 5.73 Å². The van der Waals surface area contributed by atoms with Crippen LogP contribution in [0, 0.1) is 0 Å². The summed E-state index contributed by atoms with van der Waals surface area (Å²) in [5.41, 5.74) is 9.05. The maximum absolute atomic E-state index is 6.19. The summed E-state index contributed by atoms with van der Waals surface area (Å²) >= 11 is 3.41. The number of nitrogens with zero attached hydrogens (tertiary/aromatic N) is 3. The lowest BCUT2D eigenvalue weighted by Gasteiger charge is -2.06. The SMILES string of the molecule is Nc1c(-c2cncc(Br)c2)ncn1Cc1ccccc1. The molecule has 0 atom stereocenters. The maximum Gasteiger partial charge on any atom is 0.131 e. The number of aromatic nitrogens is 3. The van der Waals surface area contributed by atoms with Crippen LogP contribution in [0.3, 0.4) is 0 Å². The predicted molar refractivity (Wildman–Crippen MR) is 83.1 cm³/mol. The van der Waals surface area contributed by atoms with Crippen molar-refractivity contribution in [2.24, 2.45) is 0 Å². The Balaban J connectivity index is 1.93. The Morgan fingerprint density at radius 2 is 1.95 bits per heavy atom. The number of benzene rings is 1. The average molecular weight is 329 g/mol. The summed E-state index contributed by atoms with van der Waals surface area (Å²) in [6.07, 6.45) is 5.26. The van der Waals surface area contributed by atoms with E-state index in [0.717, 1.165) is 15.7 Å². The van der Waals surface area contributed by atoms with Crippen molar-refractivity contribution >= 4 is 21.7 Å². The summed E-state index contributed by atoms with van der Waals surface area (Å²) in [7, 11) is 0. The number of nitrogens with two attached hydrogens (primary N) is 1. The molecule has 4 nitrogen and oxygen atoms in total. The molecular weight excluding hydrogens is 316 g/mol. The molecule has 0 unspecified atom stereocenters. The highest BCUT2D eigenvalue weighted by Gasteiger charge is 2.10. The van der Waals surface area contributed by atoms with Gasteiger partial charge in [0.2, 0.25) is 0 Å². The number of rotatable bonds is 3. The molecule has 3 rings (SSSR count). The Labute approximate surface area is 125 Å². The summed E-state index contributed by atoms with van der Waals surface area (Å²) in [5, 5.41) is 0. The molecule has 3 aromatic rings. The molecule has 0 radical (unpaired) electrons. The molecule has 0 amide bonds. The summed E-state index contributed by atoms with van der Waals surface area (Å²) in [4.78, 5) is 8.54. The molecule has 0 aliphatic heterocycles. The zero-order chi connectivity index (χ0) is 13.9. The fraction of sp³-hybridized carbons (Fsp3) is 0.0667. The first-order valence-corrected chi connectivity index (χ1v) is 6.99. The fourth-order valence-corrected chi connectivity index (χ4v) is 2.43. The van der Waals surface area contributed by atoms with Crippen LogP contribution in [-0.4, -0.2) is 14.5 Å². The monoisotopic (exact) mass is 328 g/mol. The highest BCUT2D eigenvalue weighted by Crippen LogP contribution is 2.26. The van der Waals surface area contributed by atoms with Crippen LogP contribution in [0.2, 0.25) is 0 Å². The van der Waals surface area contributed by atoms with Crippen molar-refractivity contribution in [3.05, 3.63) is 65.2 Å². The van der Waals surface area contributed by atoms with Gasteiger partial charge in [-0.25, -0.2) is 4.98 Å². The average Bonchev–Trinajstić information content (AvgIpc) is 2.81. The molecule has 0 aliphatic carbocycles. The van der Waals surface area contributed by atoms with Gasteiger partial charge < -0.3 is 10.3 Å². The Morgan fingerprint density at radius 3 is 2.70 bits per heavy atom. The van der Waals surface area contributed by atoms with E-state index in [2.05, 4.69) is 38.0 Å². The molecule has 2 N–H and O–H groups in total. The first kappa shape index (κ1) is 12.9. The van der Waals surface area contributed by atoms with Crippen LogP contribution < -0.4 is 5.73 Å². The zero-order valence-corrected chi connectivity index (χ0v) is 12.3. The van der Waals surface area contributed by atoms with Crippen molar-refractivity contribution in [3.63, 3.8) is 0 Å². The lowest BCUT2D eigenvalue weighted by atomic mass is 10.2. The third kappa shape index (κ3) is 2.58. The van der Waals surface area contributed by atoms with E-state index >= 15 is 0 Å². The Hall–Kier alpha value is -2.14. The number of imidazole rings is 1. The number of nitrogen functional groups attached to an aromatic ring is 1. The second-order valence-electron chi connectivity index (χ2n) is 4.48. The van der Waals surface area contributed by atoms with Gasteiger partial charge in [-0.1, -0.05) is 30.3 Å². The third-order valence-electron chi connectivity index (χ3n) is 3.05. The minimum absolute atomic E-state index is 0.647. The maximum atomic E-state index is 6.19. The fourth-order valence-electron chi connectivity index (χ4n) is 2.06. The molecule has 0 fully saturated rings. The van der Waals surface area contributed by atoms with Gasteiger partial charge in [-0.2, -0.15) is 0 Å². The number of hydrogen-bond donors (Lipinski definition) is 1. The summed E-state index contributed by atoms with van der Waals surface area (Å²) in [5.74, 6) is 0.647. The van der Waals surface area contributed by atoms with E-state index in [0.29, 0.717) is 12.4 Å². The van der Waals surface area contributed by atoms with Gasteiger partial charge in [0.05, 0.1) is 12.9 Å². The van der Waals surface area contributed by atoms with Crippen molar-refractivity contribution in [1.82, 2.24) is 14.5 Å². The zero-order valence-electron chi connectivity index (χ0n) is 10.7. The van der Waals surface area contributed by atoms with Gasteiger partial charge >= 0.3 is 0 Å². The van der Waals surface area contributed by atoms with Gasteiger partial charge in [0, 0.05) is 22.4 Å². The van der Waals surface area contributed by atoms with Gasteiger partial charge in [0.1, 0.15) is 11.5 Å². The minimum Gasteiger partial charge on any atom is -0.383 e. The number of hydrogen-bond acceptors (Lipinski definition) is 3. The lowest BCUT2D eigenvalue weighted by molar-refractivity contribution is 0.808. The molecule has 0 bridgehead atoms. The van der Waals surface area contributed by atoms with Gasteiger partial charge in [0.25, 0.3) is 0 Å². The van der Waals surface area contributed by atoms with Gasteiger partial charge in [-0.05, 0) is 27.6 Å². The van der Waals surface area contributed by atoms with Crippen LogP contribution in [-0.2, 0) is 6.54 Å². The van der Waals surface area contributed by atoms with E-state index in [-0.39, 0.29) is 0 Å². The van der Waals surface area contributed by atoms with Crippen LogP contribution in [0.25, 0.3) is 11.3 Å². The standard InChI is InChI=1S/C15H13BrN4/c16-13-6-12(7-18-8-13)14-15(17)20(10-19-14)9-11-4-2-1-3-5-11/h1-8,10H,9,17H2. The molecule has 0 spiro atoms. The topological polar surface area (TPSA) is 56.7 Å². The molecule has 100 valence electrons. The minimum atomic E-state index is 0.647. The predicted octanol–water partition coefficient (Wildman–Crippen LogP) is 3.34. The van der Waals surface area contributed by atoms with E-state index < -0.39 is 0 Å². The smallest absolute Gasteiger partial charge is 0.131 e. The number of anilines is 1. The molecular formula is C15H13BrN4. The molecule has 2 aromatic heterocycles. The van der Waals surface area contributed by atoms with Crippen LogP contribution >= 0.6 is 15.9 Å². The highest BCUT2D eigenvalue weighted by atomic mass is 79.9. The highest BCUT2D eigenvalue weighted by molar-refractivity contribution is 9.10. The van der Waals surface area contributed by atoms with Crippen LogP contribution in [0.15, 0.2) is 59.6 Å². The van der Waals surface area contributed by atoms with Crippen LogP contribution in [0.1, 0.15) is 5.56 Å². The van der Waals surface area contributed by atoms with Gasteiger partial charge in [0.15, 0.2) is 0 Å². The molecule has 2 heterocycles. The quantitative estimate of drug-likeness (QED) is 0.802. The van der Waals surface area contributed by atoms with E-state index in [1.54, 1.807) is 18.7 Å². The first-order chi connectivity index (χ1) is 9.74. The Bertz CT molecular complexity index is 722. The number of halogens is 1. The summed E-state index contributed by atoms with van der Waals surface area (Å²) in [6.45, 7) is 0.709. The summed E-state index contributed by atoms with van der Waals surface area (Å²) in [6, 6.07) is 12.1. The van der Waals surface area contributed by atoms with E-state index in [1.165, 1.54) is 5.56 Å². The van der Waals surface area contributed by atoms with Crippen molar-refractivity contribution in [2.75, 3.05) is 5.73 Å². The molecule has 0 aliphatic rings. The van der Waals surface area contributed by atoms with Gasteiger partial charge in [-0.3, -0.25) is 4.98 Å². The third-order valence-corrected chi connectivity index (χ3v) is 3.49. The molecule has 20 heavy (non-hydrogen) atoms. The van der Waals surface area contributed by atoms with E-state index in [9.17, 15) is 0 Å². The molecule has 1 aromatic carbocycles. The van der Waals surface area contributed by atoms with Crippen LogP contribution in [0.4, 0.5) is 5.82 Å². The van der Waals surface area contributed by atoms with E-state index in [1.807, 2.05) is 28.8 Å². The molecule has 0 saturated carbocycles. The van der Waals surface area contributed by atoms with Gasteiger partial charge in [-0.15, -0.1) is 0 Å². The second-order valence-corrected chi connectivity index (χ2v) is 5.40. The van der Waals surface area contributed by atoms with Crippen molar-refractivity contribution in [3.8, 4) is 11.3 Å². The molecule has 0 saturated heterocycles. The molecule has 5 heteroatoms. The van der Waals surface area contributed by atoms with Crippen molar-refractivity contribution in [2.45, 2.75) is 6.54 Å². The lowest BCUT2D eigenvalue weighted by Crippen LogP contribution is -2.03.